The van der Waals surface area contributed by atoms with Crippen LogP contribution in [-0.4, -0.2) is 44.2 Å². The SMILES string of the molecule is COc1cc(C(=O)NC2CCNC2)c([N+](=O)[O-])cc1OC.Cl. The molecule has 1 amide bonds. The Labute approximate surface area is 133 Å². The van der Waals surface area contributed by atoms with Crippen LogP contribution in [0.3, 0.4) is 0 Å². The first-order valence-electron chi connectivity index (χ1n) is 6.48. The van der Waals surface area contributed by atoms with Crippen molar-refractivity contribution in [2.75, 3.05) is 27.3 Å². The van der Waals surface area contributed by atoms with Crippen molar-refractivity contribution in [3.05, 3.63) is 27.8 Å². The van der Waals surface area contributed by atoms with E-state index in [1.165, 1.54) is 26.4 Å². The van der Waals surface area contributed by atoms with Crippen molar-refractivity contribution in [3.63, 3.8) is 0 Å². The minimum atomic E-state index is -0.607. The molecule has 1 atom stereocenters. The smallest absolute Gasteiger partial charge is 0.286 e. The molecule has 1 heterocycles. The maximum atomic E-state index is 12.3. The van der Waals surface area contributed by atoms with Crippen LogP contribution >= 0.6 is 12.4 Å². The van der Waals surface area contributed by atoms with E-state index in [9.17, 15) is 14.9 Å². The number of benzene rings is 1. The first kappa shape index (κ1) is 18.0. The Balaban J connectivity index is 0.00000242. The molecule has 22 heavy (non-hydrogen) atoms. The molecule has 0 aromatic heterocycles. The van der Waals surface area contributed by atoms with E-state index in [2.05, 4.69) is 10.6 Å². The van der Waals surface area contributed by atoms with Crippen LogP contribution in [0.25, 0.3) is 0 Å². The number of nitro benzene ring substituents is 1. The lowest BCUT2D eigenvalue weighted by molar-refractivity contribution is -0.385. The summed E-state index contributed by atoms with van der Waals surface area (Å²) >= 11 is 0. The summed E-state index contributed by atoms with van der Waals surface area (Å²) in [4.78, 5) is 22.8. The third-order valence-corrected chi connectivity index (χ3v) is 3.34. The third-order valence-electron chi connectivity index (χ3n) is 3.34. The Bertz CT molecular complexity index is 561. The molecule has 1 saturated heterocycles. The van der Waals surface area contributed by atoms with Gasteiger partial charge in [-0.3, -0.25) is 14.9 Å². The van der Waals surface area contributed by atoms with Crippen LogP contribution in [0.2, 0.25) is 0 Å². The Morgan fingerprint density at radius 2 is 2.00 bits per heavy atom. The first-order valence-corrected chi connectivity index (χ1v) is 6.48. The van der Waals surface area contributed by atoms with Gasteiger partial charge in [0.25, 0.3) is 11.6 Å². The summed E-state index contributed by atoms with van der Waals surface area (Å²) in [5, 5.41) is 17.0. The fourth-order valence-electron chi connectivity index (χ4n) is 2.24. The summed E-state index contributed by atoms with van der Waals surface area (Å²) in [6, 6.07) is 2.50. The molecule has 0 aliphatic carbocycles. The average molecular weight is 332 g/mol. The van der Waals surface area contributed by atoms with Gasteiger partial charge in [0.15, 0.2) is 11.5 Å². The highest BCUT2D eigenvalue weighted by Gasteiger charge is 2.26. The summed E-state index contributed by atoms with van der Waals surface area (Å²) in [7, 11) is 2.79. The molecule has 1 aromatic rings. The highest BCUT2D eigenvalue weighted by atomic mass is 35.5. The predicted molar refractivity (Wildman–Crippen MR) is 82.2 cm³/mol. The topological polar surface area (TPSA) is 103 Å². The van der Waals surface area contributed by atoms with Crippen LogP contribution in [0.5, 0.6) is 11.5 Å². The molecule has 122 valence electrons. The highest BCUT2D eigenvalue weighted by Crippen LogP contribution is 2.34. The normalized spacial score (nSPS) is 16.5. The van der Waals surface area contributed by atoms with Crippen molar-refractivity contribution >= 4 is 24.0 Å². The van der Waals surface area contributed by atoms with E-state index in [0.717, 1.165) is 13.0 Å². The quantitative estimate of drug-likeness (QED) is 0.619. The zero-order valence-corrected chi connectivity index (χ0v) is 13.1. The number of methoxy groups -OCH3 is 2. The molecule has 0 spiro atoms. The van der Waals surface area contributed by atoms with Gasteiger partial charge in [-0.2, -0.15) is 0 Å². The lowest BCUT2D eigenvalue weighted by atomic mass is 10.1. The predicted octanol–water partition coefficient (Wildman–Crippen LogP) is 1.13. The van der Waals surface area contributed by atoms with Gasteiger partial charge in [-0.15, -0.1) is 12.4 Å². The Kier molecular flexibility index (Phi) is 6.39. The van der Waals surface area contributed by atoms with Crippen molar-refractivity contribution in [1.29, 1.82) is 0 Å². The van der Waals surface area contributed by atoms with E-state index >= 15 is 0 Å². The highest BCUT2D eigenvalue weighted by molar-refractivity contribution is 5.99. The summed E-state index contributed by atoms with van der Waals surface area (Å²) in [5.74, 6) is -0.00238. The van der Waals surface area contributed by atoms with Gasteiger partial charge in [-0.25, -0.2) is 0 Å². The number of nitrogens with one attached hydrogen (secondary N) is 2. The molecule has 0 saturated carbocycles. The second-order valence-corrected chi connectivity index (χ2v) is 4.64. The Morgan fingerprint density at radius 1 is 1.36 bits per heavy atom. The maximum Gasteiger partial charge on any atom is 0.286 e. The van der Waals surface area contributed by atoms with E-state index in [1.807, 2.05) is 0 Å². The molecule has 2 rings (SSSR count). The molecule has 1 aliphatic heterocycles. The zero-order valence-electron chi connectivity index (χ0n) is 12.3. The van der Waals surface area contributed by atoms with Gasteiger partial charge in [-0.05, 0) is 13.0 Å². The van der Waals surface area contributed by atoms with Gasteiger partial charge in [-0.1, -0.05) is 0 Å². The number of hydrogen-bond donors (Lipinski definition) is 2. The molecule has 0 bridgehead atoms. The van der Waals surface area contributed by atoms with Crippen LogP contribution < -0.4 is 20.1 Å². The Hall–Kier alpha value is -2.06. The number of amides is 1. The number of halogens is 1. The van der Waals surface area contributed by atoms with Gasteiger partial charge in [0.2, 0.25) is 0 Å². The van der Waals surface area contributed by atoms with Crippen molar-refractivity contribution in [1.82, 2.24) is 10.6 Å². The number of nitro groups is 1. The fraction of sp³-hybridized carbons (Fsp3) is 0.462. The molecule has 1 aliphatic rings. The summed E-state index contributed by atoms with van der Waals surface area (Å²) in [5.41, 5.74) is -0.347. The number of carbonyl (C=O) groups excluding carboxylic acids is 1. The summed E-state index contributed by atoms with van der Waals surface area (Å²) in [6.07, 6.45) is 0.798. The number of carbonyl (C=O) groups is 1. The molecule has 1 fully saturated rings. The minimum absolute atomic E-state index is 0. The monoisotopic (exact) mass is 331 g/mol. The summed E-state index contributed by atoms with van der Waals surface area (Å²) < 4.78 is 10.1. The molecule has 0 radical (unpaired) electrons. The number of hydrogen-bond acceptors (Lipinski definition) is 6. The molecular weight excluding hydrogens is 314 g/mol. The minimum Gasteiger partial charge on any atom is -0.493 e. The van der Waals surface area contributed by atoms with Gasteiger partial charge in [0.1, 0.15) is 5.56 Å². The standard InChI is InChI=1S/C13H17N3O5.ClH/c1-20-11-5-9(10(16(18)19)6-12(11)21-2)13(17)15-8-3-4-14-7-8;/h5-6,8,14H,3-4,7H2,1-2H3,(H,15,17);1H. The molecule has 8 nitrogen and oxygen atoms in total. The van der Waals surface area contributed by atoms with Crippen molar-refractivity contribution in [2.24, 2.45) is 0 Å². The Morgan fingerprint density at radius 3 is 2.50 bits per heavy atom. The fourth-order valence-corrected chi connectivity index (χ4v) is 2.24. The van der Waals surface area contributed by atoms with Crippen molar-refractivity contribution in [3.8, 4) is 11.5 Å². The van der Waals surface area contributed by atoms with Crippen LogP contribution in [0.1, 0.15) is 16.8 Å². The molecule has 9 heteroatoms. The lowest BCUT2D eigenvalue weighted by Gasteiger charge is -2.13. The molecule has 2 N–H and O–H groups in total. The maximum absolute atomic E-state index is 12.3. The van der Waals surface area contributed by atoms with Gasteiger partial charge < -0.3 is 20.1 Å². The van der Waals surface area contributed by atoms with Crippen LogP contribution in [-0.2, 0) is 0 Å². The van der Waals surface area contributed by atoms with E-state index < -0.39 is 10.8 Å². The summed E-state index contributed by atoms with van der Waals surface area (Å²) in [6.45, 7) is 1.48. The molecule has 1 aromatic carbocycles. The third kappa shape index (κ3) is 3.77. The zero-order chi connectivity index (χ0) is 15.4. The average Bonchev–Trinajstić information content (AvgIpc) is 2.98. The van der Waals surface area contributed by atoms with E-state index in [-0.39, 0.29) is 41.2 Å². The van der Waals surface area contributed by atoms with Crippen molar-refractivity contribution < 1.29 is 19.2 Å². The number of nitrogens with zero attached hydrogens (tertiary/aromatic N) is 1. The van der Waals surface area contributed by atoms with E-state index in [0.29, 0.717) is 6.54 Å². The van der Waals surface area contributed by atoms with Crippen molar-refractivity contribution in [2.45, 2.75) is 12.5 Å². The molecular formula is C13H18ClN3O5. The second kappa shape index (κ2) is 7.81. The van der Waals surface area contributed by atoms with Gasteiger partial charge in [0, 0.05) is 18.7 Å². The van der Waals surface area contributed by atoms with Crippen LogP contribution in [0.15, 0.2) is 12.1 Å². The largest absolute Gasteiger partial charge is 0.493 e. The van der Waals surface area contributed by atoms with E-state index in [1.54, 1.807) is 0 Å². The lowest BCUT2D eigenvalue weighted by Crippen LogP contribution is -2.36. The van der Waals surface area contributed by atoms with Crippen LogP contribution in [0.4, 0.5) is 5.69 Å². The first-order chi connectivity index (χ1) is 10.1. The van der Waals surface area contributed by atoms with E-state index in [4.69, 9.17) is 9.47 Å². The second-order valence-electron chi connectivity index (χ2n) is 4.64. The molecule has 1 unspecified atom stereocenters. The number of ether oxygens (including phenoxy) is 2. The van der Waals surface area contributed by atoms with Crippen LogP contribution in [0, 0.1) is 10.1 Å². The van der Waals surface area contributed by atoms with Gasteiger partial charge >= 0.3 is 0 Å². The van der Waals surface area contributed by atoms with Gasteiger partial charge in [0.05, 0.1) is 25.2 Å². The number of rotatable bonds is 5.